The minimum atomic E-state index is -0.254. The van der Waals surface area contributed by atoms with Crippen LogP contribution in [0.15, 0.2) is 29.3 Å². The lowest BCUT2D eigenvalue weighted by molar-refractivity contribution is -0.115. The number of rotatable bonds is 5. The van der Waals surface area contributed by atoms with Crippen molar-refractivity contribution in [2.24, 2.45) is 0 Å². The van der Waals surface area contributed by atoms with Gasteiger partial charge in [0.25, 0.3) is 0 Å². The van der Waals surface area contributed by atoms with E-state index in [0.29, 0.717) is 17.2 Å². The van der Waals surface area contributed by atoms with E-state index in [1.807, 2.05) is 12.3 Å². The molecule has 7 nitrogen and oxygen atoms in total. The summed E-state index contributed by atoms with van der Waals surface area (Å²) in [5.41, 5.74) is 1.35. The van der Waals surface area contributed by atoms with E-state index in [2.05, 4.69) is 30.2 Å². The van der Waals surface area contributed by atoms with Crippen molar-refractivity contribution in [3.8, 4) is 0 Å². The van der Waals surface area contributed by atoms with Crippen molar-refractivity contribution in [3.63, 3.8) is 0 Å². The summed E-state index contributed by atoms with van der Waals surface area (Å²) in [4.78, 5) is 31.7. The smallest absolute Gasteiger partial charge is 0.239 e. The fourth-order valence-corrected chi connectivity index (χ4v) is 3.27. The van der Waals surface area contributed by atoms with Crippen molar-refractivity contribution < 1.29 is 4.79 Å². The number of anilines is 1. The molecule has 1 amide bonds. The van der Waals surface area contributed by atoms with Gasteiger partial charge in [0, 0.05) is 11.6 Å². The Morgan fingerprint density at radius 2 is 2.33 bits per heavy atom. The molecular weight excluding hydrogens is 308 g/mol. The number of carbonyl (C=O) groups excluding carboxylic acids is 1. The van der Waals surface area contributed by atoms with Gasteiger partial charge in [0.1, 0.15) is 16.9 Å². The number of fused-ring (bicyclic) bond motifs is 1. The molecule has 3 heterocycles. The van der Waals surface area contributed by atoms with Crippen LogP contribution < -0.4 is 5.32 Å². The van der Waals surface area contributed by atoms with Crippen LogP contribution in [-0.2, 0) is 4.79 Å². The first kappa shape index (κ1) is 14.0. The van der Waals surface area contributed by atoms with E-state index in [1.54, 1.807) is 12.5 Å². The molecule has 1 atom stereocenters. The summed E-state index contributed by atoms with van der Waals surface area (Å²) in [5, 5.41) is 5.71. The van der Waals surface area contributed by atoms with Crippen molar-refractivity contribution in [3.05, 3.63) is 24.2 Å². The summed E-state index contributed by atoms with van der Waals surface area (Å²) in [6, 6.07) is 0. The van der Waals surface area contributed by atoms with E-state index in [9.17, 15) is 4.79 Å². The average molecular weight is 320 g/mol. The minimum absolute atomic E-state index is 0.0799. The van der Waals surface area contributed by atoms with Gasteiger partial charge in [-0.05, 0) is 6.42 Å². The van der Waals surface area contributed by atoms with Gasteiger partial charge in [-0.1, -0.05) is 18.7 Å². The van der Waals surface area contributed by atoms with Crippen molar-refractivity contribution in [1.29, 1.82) is 0 Å². The minimum Gasteiger partial charge on any atom is -0.341 e. The number of hydrogen-bond donors (Lipinski definition) is 2. The van der Waals surface area contributed by atoms with Gasteiger partial charge in [-0.3, -0.25) is 4.79 Å². The van der Waals surface area contributed by atoms with E-state index < -0.39 is 0 Å². The van der Waals surface area contributed by atoms with Crippen LogP contribution in [0.1, 0.15) is 13.3 Å². The SMILES string of the molecule is CCC(Sc1ncnc2nc[nH]c12)C(=O)Nc1nccs1. The molecule has 3 aromatic rings. The summed E-state index contributed by atoms with van der Waals surface area (Å²) in [7, 11) is 0. The highest BCUT2D eigenvalue weighted by molar-refractivity contribution is 8.00. The maximum Gasteiger partial charge on any atom is 0.239 e. The summed E-state index contributed by atoms with van der Waals surface area (Å²) in [6.07, 6.45) is 5.37. The number of imidazole rings is 1. The highest BCUT2D eigenvalue weighted by Crippen LogP contribution is 2.28. The molecule has 0 radical (unpaired) electrons. The predicted octanol–water partition coefficient (Wildman–Crippen LogP) is 2.32. The van der Waals surface area contributed by atoms with E-state index in [1.165, 1.54) is 29.4 Å². The molecular formula is C12H12N6OS2. The first-order valence-corrected chi connectivity index (χ1v) is 8.05. The van der Waals surface area contributed by atoms with Crippen LogP contribution in [0.5, 0.6) is 0 Å². The number of H-pyrrole nitrogens is 1. The predicted molar refractivity (Wildman–Crippen MR) is 82.4 cm³/mol. The topological polar surface area (TPSA) is 96.5 Å². The lowest BCUT2D eigenvalue weighted by atomic mass is 10.3. The molecule has 2 N–H and O–H groups in total. The Morgan fingerprint density at radius 3 is 3.10 bits per heavy atom. The summed E-state index contributed by atoms with van der Waals surface area (Å²) in [5.74, 6) is -0.0799. The van der Waals surface area contributed by atoms with Crippen LogP contribution in [0, 0.1) is 0 Å². The van der Waals surface area contributed by atoms with Crippen molar-refractivity contribution >= 4 is 45.3 Å². The maximum atomic E-state index is 12.3. The molecule has 0 fully saturated rings. The van der Waals surface area contributed by atoms with Crippen LogP contribution in [0.4, 0.5) is 5.13 Å². The van der Waals surface area contributed by atoms with Crippen LogP contribution in [0.3, 0.4) is 0 Å². The Bertz CT molecular complexity index is 741. The van der Waals surface area contributed by atoms with Crippen LogP contribution in [0.2, 0.25) is 0 Å². The van der Waals surface area contributed by atoms with Gasteiger partial charge < -0.3 is 10.3 Å². The summed E-state index contributed by atoms with van der Waals surface area (Å²) in [6.45, 7) is 1.96. The van der Waals surface area contributed by atoms with Gasteiger partial charge >= 0.3 is 0 Å². The first-order chi connectivity index (χ1) is 10.3. The number of thiazole rings is 1. The normalized spacial score (nSPS) is 12.4. The number of nitrogens with one attached hydrogen (secondary N) is 2. The molecule has 9 heteroatoms. The van der Waals surface area contributed by atoms with Crippen LogP contribution in [-0.4, -0.2) is 36.1 Å². The highest BCUT2D eigenvalue weighted by Gasteiger charge is 2.21. The Balaban J connectivity index is 1.77. The Kier molecular flexibility index (Phi) is 4.11. The number of aromatic amines is 1. The fraction of sp³-hybridized carbons (Fsp3) is 0.250. The van der Waals surface area contributed by atoms with Gasteiger partial charge in [0.15, 0.2) is 10.8 Å². The number of thioether (sulfide) groups is 1. The second kappa shape index (κ2) is 6.19. The number of aromatic nitrogens is 5. The molecule has 0 aromatic carbocycles. The zero-order valence-corrected chi connectivity index (χ0v) is 12.7. The third-order valence-electron chi connectivity index (χ3n) is 2.77. The first-order valence-electron chi connectivity index (χ1n) is 6.29. The monoisotopic (exact) mass is 320 g/mol. The number of amides is 1. The van der Waals surface area contributed by atoms with E-state index in [0.717, 1.165) is 10.5 Å². The summed E-state index contributed by atoms with van der Waals surface area (Å²) < 4.78 is 0. The molecule has 0 saturated carbocycles. The van der Waals surface area contributed by atoms with E-state index >= 15 is 0 Å². The summed E-state index contributed by atoms with van der Waals surface area (Å²) >= 11 is 2.79. The van der Waals surface area contributed by atoms with Gasteiger partial charge in [0.2, 0.25) is 5.91 Å². The Hall–Kier alpha value is -2.00. The van der Waals surface area contributed by atoms with Crippen LogP contribution >= 0.6 is 23.1 Å². The van der Waals surface area contributed by atoms with Crippen molar-refractivity contribution in [2.45, 2.75) is 23.6 Å². The number of hydrogen-bond acceptors (Lipinski definition) is 7. The molecule has 0 spiro atoms. The third kappa shape index (κ3) is 3.03. The largest absolute Gasteiger partial charge is 0.341 e. The Morgan fingerprint density at radius 1 is 1.43 bits per heavy atom. The van der Waals surface area contributed by atoms with Crippen molar-refractivity contribution in [2.75, 3.05) is 5.32 Å². The molecule has 3 aromatic heterocycles. The highest BCUT2D eigenvalue weighted by atomic mass is 32.2. The molecule has 108 valence electrons. The molecule has 0 aliphatic rings. The van der Waals surface area contributed by atoms with Crippen LogP contribution in [0.25, 0.3) is 11.2 Å². The van der Waals surface area contributed by atoms with Crippen molar-refractivity contribution in [1.82, 2.24) is 24.9 Å². The second-order valence-electron chi connectivity index (χ2n) is 4.12. The van der Waals surface area contributed by atoms with E-state index in [4.69, 9.17) is 0 Å². The van der Waals surface area contributed by atoms with Gasteiger partial charge in [-0.2, -0.15) is 0 Å². The third-order valence-corrected chi connectivity index (χ3v) is 4.82. The van der Waals surface area contributed by atoms with Gasteiger partial charge in [0.05, 0.1) is 11.6 Å². The van der Waals surface area contributed by atoms with Gasteiger partial charge in [-0.25, -0.2) is 19.9 Å². The number of carbonyl (C=O) groups is 1. The molecule has 0 saturated heterocycles. The lowest BCUT2D eigenvalue weighted by Crippen LogP contribution is -2.24. The van der Waals surface area contributed by atoms with Gasteiger partial charge in [-0.15, -0.1) is 11.3 Å². The molecule has 0 aliphatic carbocycles. The molecule has 0 bridgehead atoms. The number of nitrogens with zero attached hydrogens (tertiary/aromatic N) is 4. The zero-order chi connectivity index (χ0) is 14.7. The van der Waals surface area contributed by atoms with E-state index in [-0.39, 0.29) is 11.2 Å². The lowest BCUT2D eigenvalue weighted by Gasteiger charge is -2.12. The second-order valence-corrected chi connectivity index (χ2v) is 6.21. The molecule has 3 rings (SSSR count). The molecule has 1 unspecified atom stereocenters. The average Bonchev–Trinajstić information content (AvgIpc) is 3.15. The molecule has 21 heavy (non-hydrogen) atoms. The fourth-order valence-electron chi connectivity index (χ4n) is 1.76. The Labute approximate surface area is 128 Å². The molecule has 0 aliphatic heterocycles. The maximum absolute atomic E-state index is 12.3. The standard InChI is InChI=1S/C12H12N6OS2/c1-2-7(10(19)18-12-13-3-4-20-12)21-11-8-9(15-5-14-8)16-6-17-11/h3-7H,2H2,1H3,(H,13,18,19)(H,14,15,16,17). The quantitative estimate of drug-likeness (QED) is 0.553. The zero-order valence-electron chi connectivity index (χ0n) is 11.1.